The number of thiophene rings is 1. The van der Waals surface area contributed by atoms with Crippen molar-refractivity contribution >= 4 is 75.4 Å². The van der Waals surface area contributed by atoms with Gasteiger partial charge >= 0.3 is 0 Å². The first-order valence-corrected chi connectivity index (χ1v) is 19.7. The van der Waals surface area contributed by atoms with E-state index >= 15 is 0 Å². The van der Waals surface area contributed by atoms with Gasteiger partial charge in [-0.1, -0.05) is 170 Å². The summed E-state index contributed by atoms with van der Waals surface area (Å²) in [7, 11) is 0. The summed E-state index contributed by atoms with van der Waals surface area (Å²) < 4.78 is 2.61. The maximum Gasteiger partial charge on any atom is 0.155 e. The van der Waals surface area contributed by atoms with Crippen molar-refractivity contribution < 1.29 is 0 Å². The fourth-order valence-corrected chi connectivity index (χ4v) is 9.62. The predicted molar refractivity (Wildman–Crippen MR) is 236 cm³/mol. The zero-order valence-electron chi connectivity index (χ0n) is 30.0. The van der Waals surface area contributed by atoms with Crippen LogP contribution in [-0.4, -0.2) is 11.5 Å². The average molecular weight is 719 g/mol. The van der Waals surface area contributed by atoms with Crippen molar-refractivity contribution in [3.63, 3.8) is 0 Å². The molecule has 0 amide bonds. The van der Waals surface area contributed by atoms with E-state index in [1.807, 2.05) is 29.5 Å². The summed E-state index contributed by atoms with van der Waals surface area (Å²) in [5.74, 6) is 0.792. The number of benzene rings is 9. The fraction of sp³-hybridized carbons (Fsp3) is 0.0385. The lowest BCUT2D eigenvalue weighted by atomic mass is 9.92. The Kier molecular flexibility index (Phi) is 7.53. The number of amidine groups is 1. The van der Waals surface area contributed by atoms with Crippen molar-refractivity contribution in [2.45, 2.75) is 12.5 Å². The Bertz CT molecular complexity index is 3120. The monoisotopic (exact) mass is 718 g/mol. The van der Waals surface area contributed by atoms with E-state index < -0.39 is 0 Å². The Morgan fingerprint density at radius 1 is 0.364 bits per heavy atom. The van der Waals surface area contributed by atoms with E-state index in [0.717, 1.165) is 29.1 Å². The van der Waals surface area contributed by atoms with Crippen LogP contribution in [0.4, 0.5) is 0 Å². The lowest BCUT2D eigenvalue weighted by Gasteiger charge is -2.21. The molecule has 2 nitrogen and oxygen atoms in total. The second kappa shape index (κ2) is 13.0. The zero-order valence-corrected chi connectivity index (χ0v) is 30.8. The van der Waals surface area contributed by atoms with Crippen LogP contribution >= 0.6 is 11.3 Å². The molecule has 10 aromatic rings. The van der Waals surface area contributed by atoms with Gasteiger partial charge in [-0.05, 0) is 83.9 Å². The highest BCUT2D eigenvalue weighted by Gasteiger charge is 2.22. The van der Waals surface area contributed by atoms with Crippen molar-refractivity contribution in [3.8, 4) is 22.3 Å². The molecule has 0 fully saturated rings. The average Bonchev–Trinajstić information content (AvgIpc) is 3.64. The Balaban J connectivity index is 0.922. The summed E-state index contributed by atoms with van der Waals surface area (Å²) in [6.07, 6.45) is 0.766. The number of fused-ring (bicyclic) bond motifs is 9. The van der Waals surface area contributed by atoms with Crippen LogP contribution in [0.2, 0.25) is 0 Å². The molecule has 0 N–H and O–H groups in total. The van der Waals surface area contributed by atoms with E-state index in [2.05, 4.69) is 170 Å². The SMILES string of the molecule is c1ccc(C2=N[C@H](c3ccccc3)CC(c3ccc(-c4ccc5c(c4)sc4cc(-c6ccc7c8ccccc8c8ccccc8c7c6)ccc45)cc3)=N2)cc1. The van der Waals surface area contributed by atoms with Gasteiger partial charge in [0.15, 0.2) is 5.84 Å². The molecule has 0 saturated carbocycles. The second-order valence-corrected chi connectivity index (χ2v) is 15.5. The molecule has 9 aromatic carbocycles. The van der Waals surface area contributed by atoms with Gasteiger partial charge in [-0.2, -0.15) is 0 Å². The maximum absolute atomic E-state index is 5.10. The van der Waals surface area contributed by atoms with E-state index in [0.29, 0.717) is 0 Å². The molecular weight excluding hydrogens is 685 g/mol. The molecule has 1 atom stereocenters. The van der Waals surface area contributed by atoms with Gasteiger partial charge in [0.1, 0.15) is 0 Å². The fourth-order valence-electron chi connectivity index (χ4n) is 8.43. The number of rotatable bonds is 5. The van der Waals surface area contributed by atoms with E-state index in [1.165, 1.54) is 80.3 Å². The molecule has 11 rings (SSSR count). The van der Waals surface area contributed by atoms with Gasteiger partial charge in [0.25, 0.3) is 0 Å². The first-order chi connectivity index (χ1) is 27.2. The third-order valence-electron chi connectivity index (χ3n) is 11.2. The van der Waals surface area contributed by atoms with Crippen LogP contribution in [0.25, 0.3) is 74.7 Å². The minimum absolute atomic E-state index is 0.0286. The van der Waals surface area contributed by atoms with Gasteiger partial charge in [0, 0.05) is 32.2 Å². The highest BCUT2D eigenvalue weighted by molar-refractivity contribution is 7.25. The molecule has 55 heavy (non-hydrogen) atoms. The Hall–Kier alpha value is -6.68. The molecule has 2 heterocycles. The number of hydrogen-bond acceptors (Lipinski definition) is 3. The first kappa shape index (κ1) is 31.8. The minimum atomic E-state index is 0.0286. The molecule has 0 spiro atoms. The largest absolute Gasteiger partial charge is 0.258 e. The second-order valence-electron chi connectivity index (χ2n) is 14.5. The minimum Gasteiger partial charge on any atom is -0.258 e. The van der Waals surface area contributed by atoms with Crippen LogP contribution in [-0.2, 0) is 0 Å². The predicted octanol–water partition coefficient (Wildman–Crippen LogP) is 14.2. The summed E-state index contributed by atoms with van der Waals surface area (Å²) in [6.45, 7) is 0. The highest BCUT2D eigenvalue weighted by atomic mass is 32.1. The summed E-state index contributed by atoms with van der Waals surface area (Å²) in [6, 6.07) is 68.3. The van der Waals surface area contributed by atoms with E-state index in [1.54, 1.807) is 0 Å². The molecule has 0 radical (unpaired) electrons. The standard InChI is InChI=1S/C52H34N2S/c1-3-11-34(12-4-1)48-32-49(54-52(53-48)36-13-5-2-6-14-36)35-21-19-33(20-22-35)38-24-27-45-46-28-25-39(31-51(46)55-50(45)30-38)37-23-26-44-42-17-8-7-15-40(42)41-16-9-10-18-43(41)47(44)29-37/h1-31,48H,32H2/t48-/m0/s1. The van der Waals surface area contributed by atoms with Gasteiger partial charge in [-0.15, -0.1) is 11.3 Å². The Labute approximate surface area is 323 Å². The van der Waals surface area contributed by atoms with Gasteiger partial charge < -0.3 is 0 Å². The molecule has 0 unspecified atom stereocenters. The van der Waals surface area contributed by atoms with E-state index in [9.17, 15) is 0 Å². The maximum atomic E-state index is 5.10. The van der Waals surface area contributed by atoms with Gasteiger partial charge in [-0.25, -0.2) is 4.99 Å². The van der Waals surface area contributed by atoms with Crippen LogP contribution in [0.5, 0.6) is 0 Å². The third kappa shape index (κ3) is 5.55. The number of aliphatic imine (C=N–C) groups is 2. The molecule has 1 aliphatic rings. The summed E-state index contributed by atoms with van der Waals surface area (Å²) in [5, 5.41) is 10.4. The number of hydrogen-bond donors (Lipinski definition) is 0. The molecule has 258 valence electrons. The molecule has 0 saturated heterocycles. The lowest BCUT2D eigenvalue weighted by molar-refractivity contribution is 0.753. The third-order valence-corrected chi connectivity index (χ3v) is 12.3. The van der Waals surface area contributed by atoms with Crippen molar-refractivity contribution in [1.29, 1.82) is 0 Å². The van der Waals surface area contributed by atoms with Gasteiger partial charge in [0.2, 0.25) is 0 Å². The molecule has 0 bridgehead atoms. The Morgan fingerprint density at radius 3 is 1.44 bits per heavy atom. The highest BCUT2D eigenvalue weighted by Crippen LogP contribution is 2.41. The molecule has 3 heteroatoms. The topological polar surface area (TPSA) is 24.7 Å². The molecular formula is C52H34N2S. The molecule has 1 aliphatic heterocycles. The quantitative estimate of drug-likeness (QED) is 0.158. The summed E-state index contributed by atoms with van der Waals surface area (Å²) in [5.41, 5.74) is 9.37. The Morgan fingerprint density at radius 2 is 0.818 bits per heavy atom. The molecule has 0 aliphatic carbocycles. The van der Waals surface area contributed by atoms with Crippen LogP contribution < -0.4 is 0 Å². The molecule has 1 aromatic heterocycles. The first-order valence-electron chi connectivity index (χ1n) is 18.9. The van der Waals surface area contributed by atoms with Crippen LogP contribution in [0.1, 0.15) is 29.2 Å². The summed E-state index contributed by atoms with van der Waals surface area (Å²) in [4.78, 5) is 10.2. The van der Waals surface area contributed by atoms with E-state index in [-0.39, 0.29) is 6.04 Å². The van der Waals surface area contributed by atoms with E-state index in [4.69, 9.17) is 9.98 Å². The van der Waals surface area contributed by atoms with Crippen LogP contribution in [0.15, 0.2) is 198 Å². The van der Waals surface area contributed by atoms with Crippen LogP contribution in [0.3, 0.4) is 0 Å². The van der Waals surface area contributed by atoms with Gasteiger partial charge in [-0.3, -0.25) is 4.99 Å². The number of nitrogens with zero attached hydrogens (tertiary/aromatic N) is 2. The van der Waals surface area contributed by atoms with Crippen molar-refractivity contribution in [2.75, 3.05) is 0 Å². The van der Waals surface area contributed by atoms with Gasteiger partial charge in [0.05, 0.1) is 11.8 Å². The summed E-state index contributed by atoms with van der Waals surface area (Å²) >= 11 is 1.88. The normalized spacial score (nSPS) is 14.5. The van der Waals surface area contributed by atoms with Crippen molar-refractivity contribution in [2.24, 2.45) is 9.98 Å². The van der Waals surface area contributed by atoms with Crippen molar-refractivity contribution in [3.05, 3.63) is 205 Å². The lowest BCUT2D eigenvalue weighted by Crippen LogP contribution is -2.17. The zero-order chi connectivity index (χ0) is 36.3. The van der Waals surface area contributed by atoms with Crippen LogP contribution in [0, 0.1) is 0 Å². The van der Waals surface area contributed by atoms with Crippen molar-refractivity contribution in [1.82, 2.24) is 0 Å². The smallest absolute Gasteiger partial charge is 0.155 e.